The van der Waals surface area contributed by atoms with Crippen LogP contribution in [0.5, 0.6) is 5.75 Å². The van der Waals surface area contributed by atoms with Crippen LogP contribution in [-0.4, -0.2) is 23.1 Å². The molecule has 0 aliphatic carbocycles. The zero-order valence-electron chi connectivity index (χ0n) is 11.8. The minimum absolute atomic E-state index is 0.319. The topological polar surface area (TPSA) is 23.5 Å². The van der Waals surface area contributed by atoms with E-state index in [-0.39, 0.29) is 0 Å². The van der Waals surface area contributed by atoms with Gasteiger partial charge < -0.3 is 5.11 Å². The number of rotatable bonds is 3. The van der Waals surface area contributed by atoms with Crippen LogP contribution in [-0.2, 0) is 0 Å². The molecule has 1 aliphatic heterocycles. The normalized spacial score (nSPS) is 22.9. The van der Waals surface area contributed by atoms with Crippen molar-refractivity contribution in [2.24, 2.45) is 5.92 Å². The predicted octanol–water partition coefficient (Wildman–Crippen LogP) is 3.88. The van der Waals surface area contributed by atoms with E-state index in [1.807, 2.05) is 13.0 Å². The van der Waals surface area contributed by atoms with E-state index >= 15 is 0 Å². The molecule has 0 spiro atoms. The number of nitrogens with zero attached hydrogens (tertiary/aromatic N) is 1. The first-order valence-electron chi connectivity index (χ1n) is 7.15. The molecule has 1 aromatic carbocycles. The van der Waals surface area contributed by atoms with Gasteiger partial charge in [0, 0.05) is 18.2 Å². The van der Waals surface area contributed by atoms with Crippen molar-refractivity contribution in [3.63, 3.8) is 0 Å². The third-order valence-corrected chi connectivity index (χ3v) is 4.31. The van der Waals surface area contributed by atoms with Gasteiger partial charge in [-0.2, -0.15) is 0 Å². The molecule has 0 amide bonds. The molecule has 0 bridgehead atoms. The van der Waals surface area contributed by atoms with E-state index in [0.29, 0.717) is 11.8 Å². The number of aryl methyl sites for hydroxylation is 1. The lowest BCUT2D eigenvalue weighted by atomic mass is 9.93. The van der Waals surface area contributed by atoms with Crippen molar-refractivity contribution in [1.82, 2.24) is 4.90 Å². The Morgan fingerprint density at radius 2 is 2.22 bits per heavy atom. The van der Waals surface area contributed by atoms with E-state index in [4.69, 9.17) is 0 Å². The van der Waals surface area contributed by atoms with Gasteiger partial charge in [-0.1, -0.05) is 25.5 Å². The number of hydrogen-bond donors (Lipinski definition) is 1. The molecule has 1 aliphatic rings. The fraction of sp³-hybridized carbons (Fsp3) is 0.625. The van der Waals surface area contributed by atoms with Gasteiger partial charge in [0.05, 0.1) is 0 Å². The van der Waals surface area contributed by atoms with Crippen LogP contribution in [0.4, 0.5) is 0 Å². The van der Waals surface area contributed by atoms with E-state index < -0.39 is 0 Å². The molecule has 100 valence electrons. The van der Waals surface area contributed by atoms with Crippen LogP contribution in [0.3, 0.4) is 0 Å². The highest BCUT2D eigenvalue weighted by Crippen LogP contribution is 2.32. The summed E-state index contributed by atoms with van der Waals surface area (Å²) in [5.74, 6) is 1.27. The summed E-state index contributed by atoms with van der Waals surface area (Å²) >= 11 is 0. The number of aromatic hydroxyl groups is 1. The number of piperidine rings is 1. The number of phenolic OH excluding ortho intramolecular Hbond substituents is 1. The molecule has 2 unspecified atom stereocenters. The summed E-state index contributed by atoms with van der Waals surface area (Å²) in [6.07, 6.45) is 3.91. The molecule has 1 fully saturated rings. The SMILES string of the molecule is CCC1CCCN(C(C)c2ccc(C)cc2O)C1. The van der Waals surface area contributed by atoms with Crippen molar-refractivity contribution in [1.29, 1.82) is 0 Å². The van der Waals surface area contributed by atoms with Gasteiger partial charge >= 0.3 is 0 Å². The molecular weight excluding hydrogens is 222 g/mol. The summed E-state index contributed by atoms with van der Waals surface area (Å²) in [5.41, 5.74) is 2.19. The maximum Gasteiger partial charge on any atom is 0.120 e. The Hall–Kier alpha value is -1.02. The zero-order chi connectivity index (χ0) is 13.1. The van der Waals surface area contributed by atoms with Gasteiger partial charge in [-0.25, -0.2) is 0 Å². The standard InChI is InChI=1S/C16H25NO/c1-4-14-6-5-9-17(11-14)13(3)15-8-7-12(2)10-16(15)18/h7-8,10,13-14,18H,4-6,9,11H2,1-3H3. The minimum atomic E-state index is 0.319. The predicted molar refractivity (Wildman–Crippen MR) is 75.8 cm³/mol. The van der Waals surface area contributed by atoms with Crippen molar-refractivity contribution in [2.75, 3.05) is 13.1 Å². The van der Waals surface area contributed by atoms with Crippen LogP contribution in [0.2, 0.25) is 0 Å². The second-order valence-corrected chi connectivity index (χ2v) is 5.65. The number of benzene rings is 1. The molecule has 18 heavy (non-hydrogen) atoms. The summed E-state index contributed by atoms with van der Waals surface area (Å²) in [4.78, 5) is 2.52. The minimum Gasteiger partial charge on any atom is -0.508 e. The lowest BCUT2D eigenvalue weighted by Gasteiger charge is -2.37. The molecule has 1 N–H and O–H groups in total. The maximum atomic E-state index is 10.1. The van der Waals surface area contributed by atoms with Crippen LogP contribution < -0.4 is 0 Å². The van der Waals surface area contributed by atoms with E-state index in [9.17, 15) is 5.11 Å². The highest BCUT2D eigenvalue weighted by atomic mass is 16.3. The lowest BCUT2D eigenvalue weighted by Crippen LogP contribution is -2.37. The van der Waals surface area contributed by atoms with Gasteiger partial charge in [0.15, 0.2) is 0 Å². The molecule has 2 rings (SSSR count). The monoisotopic (exact) mass is 247 g/mol. The Balaban J connectivity index is 2.12. The second kappa shape index (κ2) is 5.75. The Kier molecular flexibility index (Phi) is 4.28. The first-order chi connectivity index (χ1) is 8.61. The van der Waals surface area contributed by atoms with Crippen molar-refractivity contribution in [3.05, 3.63) is 29.3 Å². The van der Waals surface area contributed by atoms with Crippen molar-refractivity contribution >= 4 is 0 Å². The molecule has 1 heterocycles. The smallest absolute Gasteiger partial charge is 0.120 e. The Bertz CT molecular complexity index is 402. The number of hydrogen-bond acceptors (Lipinski definition) is 2. The average molecular weight is 247 g/mol. The first-order valence-corrected chi connectivity index (χ1v) is 7.15. The molecule has 0 radical (unpaired) electrons. The largest absolute Gasteiger partial charge is 0.508 e. The molecule has 2 nitrogen and oxygen atoms in total. The Morgan fingerprint density at radius 1 is 1.44 bits per heavy atom. The Morgan fingerprint density at radius 3 is 2.89 bits per heavy atom. The third-order valence-electron chi connectivity index (χ3n) is 4.31. The van der Waals surface area contributed by atoms with Gasteiger partial charge in [-0.3, -0.25) is 4.90 Å². The van der Waals surface area contributed by atoms with E-state index in [1.54, 1.807) is 0 Å². The fourth-order valence-corrected chi connectivity index (χ4v) is 2.99. The van der Waals surface area contributed by atoms with Crippen molar-refractivity contribution in [3.8, 4) is 5.75 Å². The highest BCUT2D eigenvalue weighted by Gasteiger charge is 2.24. The maximum absolute atomic E-state index is 10.1. The van der Waals surface area contributed by atoms with Gasteiger partial charge in [0.2, 0.25) is 0 Å². The van der Waals surface area contributed by atoms with Gasteiger partial charge in [-0.15, -0.1) is 0 Å². The van der Waals surface area contributed by atoms with Crippen LogP contribution in [0.25, 0.3) is 0 Å². The van der Waals surface area contributed by atoms with E-state index in [1.165, 1.54) is 25.8 Å². The molecule has 0 saturated carbocycles. The molecule has 1 aromatic rings. The molecular formula is C16H25NO. The van der Waals surface area contributed by atoms with Crippen LogP contribution in [0.15, 0.2) is 18.2 Å². The molecule has 0 aromatic heterocycles. The van der Waals surface area contributed by atoms with Gasteiger partial charge in [0.1, 0.15) is 5.75 Å². The summed E-state index contributed by atoms with van der Waals surface area (Å²) < 4.78 is 0. The van der Waals surface area contributed by atoms with Gasteiger partial charge in [0.25, 0.3) is 0 Å². The molecule has 2 heteroatoms. The van der Waals surface area contributed by atoms with E-state index in [0.717, 1.165) is 23.6 Å². The van der Waals surface area contributed by atoms with Crippen LogP contribution in [0, 0.1) is 12.8 Å². The van der Waals surface area contributed by atoms with Crippen LogP contribution >= 0.6 is 0 Å². The van der Waals surface area contributed by atoms with Crippen molar-refractivity contribution < 1.29 is 5.11 Å². The molecule has 1 saturated heterocycles. The summed E-state index contributed by atoms with van der Waals surface area (Å²) in [7, 11) is 0. The Labute approximate surface area is 111 Å². The van der Waals surface area contributed by atoms with Gasteiger partial charge in [-0.05, 0) is 50.8 Å². The van der Waals surface area contributed by atoms with Crippen LogP contribution in [0.1, 0.15) is 50.3 Å². The number of phenols is 1. The quantitative estimate of drug-likeness (QED) is 0.876. The highest BCUT2D eigenvalue weighted by molar-refractivity contribution is 5.37. The first kappa shape index (κ1) is 13.4. The fourth-order valence-electron chi connectivity index (χ4n) is 2.99. The second-order valence-electron chi connectivity index (χ2n) is 5.65. The summed E-state index contributed by atoms with van der Waals surface area (Å²) in [6, 6.07) is 6.35. The lowest BCUT2D eigenvalue weighted by molar-refractivity contribution is 0.128. The summed E-state index contributed by atoms with van der Waals surface area (Å²) in [6.45, 7) is 8.84. The average Bonchev–Trinajstić information content (AvgIpc) is 2.38. The summed E-state index contributed by atoms with van der Waals surface area (Å²) in [5, 5.41) is 10.1. The third kappa shape index (κ3) is 2.86. The zero-order valence-corrected chi connectivity index (χ0v) is 11.8. The molecule has 2 atom stereocenters. The van der Waals surface area contributed by atoms with E-state index in [2.05, 4.69) is 30.9 Å². The van der Waals surface area contributed by atoms with Crippen molar-refractivity contribution in [2.45, 2.75) is 46.1 Å². The number of likely N-dealkylation sites (tertiary alicyclic amines) is 1.